The van der Waals surface area contributed by atoms with Crippen LogP contribution in [0.25, 0.3) is 0 Å². The van der Waals surface area contributed by atoms with Gasteiger partial charge >= 0.3 is 6.03 Å². The summed E-state index contributed by atoms with van der Waals surface area (Å²) < 4.78 is 5.33. The van der Waals surface area contributed by atoms with Crippen LogP contribution < -0.4 is 15.4 Å². The number of nitrogens with one attached hydrogen (secondary N) is 3. The van der Waals surface area contributed by atoms with Gasteiger partial charge in [0.05, 0.1) is 18.4 Å². The fraction of sp³-hybridized carbons (Fsp3) is 0.167. The maximum absolute atomic E-state index is 13.2. The number of imidazole rings is 1. The van der Waals surface area contributed by atoms with Gasteiger partial charge in [-0.2, -0.15) is 0 Å². The van der Waals surface area contributed by atoms with Crippen LogP contribution in [0, 0.1) is 6.92 Å². The molecule has 168 valence electrons. The summed E-state index contributed by atoms with van der Waals surface area (Å²) in [5.74, 6) is 1.15. The number of carbonyl (C=O) groups excluding carboxylic acids is 2. The summed E-state index contributed by atoms with van der Waals surface area (Å²) in [7, 11) is 1.52. The molecule has 2 aromatic carbocycles. The summed E-state index contributed by atoms with van der Waals surface area (Å²) in [6, 6.07) is 11.8. The Labute approximate surface area is 195 Å². The van der Waals surface area contributed by atoms with E-state index in [0.29, 0.717) is 27.7 Å². The van der Waals surface area contributed by atoms with Gasteiger partial charge in [0.2, 0.25) is 0 Å². The quantitative estimate of drug-likeness (QED) is 0.325. The van der Waals surface area contributed by atoms with Gasteiger partial charge in [0, 0.05) is 35.5 Å². The number of methoxy groups -OCH3 is 1. The maximum atomic E-state index is 13.2. The van der Waals surface area contributed by atoms with Crippen LogP contribution in [0.5, 0.6) is 5.75 Å². The van der Waals surface area contributed by atoms with Gasteiger partial charge in [-0.15, -0.1) is 11.3 Å². The lowest BCUT2D eigenvalue weighted by Crippen LogP contribution is -2.21. The van der Waals surface area contributed by atoms with Crippen molar-refractivity contribution in [1.82, 2.24) is 15.0 Å². The number of benzene rings is 2. The third-order valence-electron chi connectivity index (χ3n) is 4.96. The third kappa shape index (κ3) is 5.45. The Morgan fingerprint density at radius 1 is 1.06 bits per heavy atom. The highest BCUT2D eigenvalue weighted by atomic mass is 32.1. The highest BCUT2D eigenvalue weighted by molar-refractivity contribution is 7.15. The number of aromatic nitrogens is 3. The second kappa shape index (κ2) is 10.1. The molecule has 0 aliphatic carbocycles. The SMILES string of the molecule is COc1ccccc1C(=O)c1cc(C)ccc1NC(=O)Nc1ncc(CCc2ncc[nH]2)s1. The molecule has 0 radical (unpaired) electrons. The zero-order valence-electron chi connectivity index (χ0n) is 18.2. The van der Waals surface area contributed by atoms with Crippen LogP contribution in [-0.2, 0) is 12.8 Å². The predicted molar refractivity (Wildman–Crippen MR) is 128 cm³/mol. The molecule has 0 saturated carbocycles. The fourth-order valence-corrected chi connectivity index (χ4v) is 4.15. The van der Waals surface area contributed by atoms with E-state index >= 15 is 0 Å². The molecule has 2 amide bonds. The predicted octanol–water partition coefficient (Wildman–Crippen LogP) is 4.84. The van der Waals surface area contributed by atoms with Gasteiger partial charge in [0.1, 0.15) is 11.6 Å². The van der Waals surface area contributed by atoms with Gasteiger partial charge < -0.3 is 15.0 Å². The number of hydrogen-bond donors (Lipinski definition) is 3. The smallest absolute Gasteiger partial charge is 0.325 e. The number of para-hydroxylation sites is 1. The molecule has 0 aliphatic heterocycles. The number of nitrogens with zero attached hydrogens (tertiary/aromatic N) is 2. The van der Waals surface area contributed by atoms with Crippen molar-refractivity contribution in [2.75, 3.05) is 17.7 Å². The van der Waals surface area contributed by atoms with Crippen LogP contribution in [0.4, 0.5) is 15.6 Å². The van der Waals surface area contributed by atoms with Crippen molar-refractivity contribution < 1.29 is 14.3 Å². The minimum Gasteiger partial charge on any atom is -0.496 e. The Morgan fingerprint density at radius 3 is 2.70 bits per heavy atom. The molecule has 0 bridgehead atoms. The van der Waals surface area contributed by atoms with E-state index in [1.165, 1.54) is 18.4 Å². The monoisotopic (exact) mass is 461 g/mol. The summed E-state index contributed by atoms with van der Waals surface area (Å²) in [6.07, 6.45) is 6.78. The summed E-state index contributed by atoms with van der Waals surface area (Å²) in [6.45, 7) is 1.89. The van der Waals surface area contributed by atoms with E-state index in [4.69, 9.17) is 4.74 Å². The van der Waals surface area contributed by atoms with Crippen molar-refractivity contribution in [2.24, 2.45) is 0 Å². The zero-order chi connectivity index (χ0) is 23.2. The number of amides is 2. The molecule has 0 saturated heterocycles. The van der Waals surface area contributed by atoms with Crippen LogP contribution >= 0.6 is 11.3 Å². The average Bonchev–Trinajstić information content (AvgIpc) is 3.50. The van der Waals surface area contributed by atoms with Crippen LogP contribution in [-0.4, -0.2) is 33.9 Å². The van der Waals surface area contributed by atoms with Gasteiger partial charge in [-0.1, -0.05) is 23.8 Å². The average molecular weight is 462 g/mol. The lowest BCUT2D eigenvalue weighted by molar-refractivity contribution is 0.103. The number of thiazole rings is 1. The molecule has 8 nitrogen and oxygen atoms in total. The van der Waals surface area contributed by atoms with Crippen molar-refractivity contribution in [3.8, 4) is 5.75 Å². The number of H-pyrrole nitrogens is 1. The van der Waals surface area contributed by atoms with Crippen LogP contribution in [0.2, 0.25) is 0 Å². The summed E-state index contributed by atoms with van der Waals surface area (Å²) in [5, 5.41) is 6.00. The van der Waals surface area contributed by atoms with Gasteiger partial charge in [0.25, 0.3) is 0 Å². The lowest BCUT2D eigenvalue weighted by Gasteiger charge is -2.13. The Morgan fingerprint density at radius 2 is 1.91 bits per heavy atom. The third-order valence-corrected chi connectivity index (χ3v) is 5.93. The fourth-order valence-electron chi connectivity index (χ4n) is 3.34. The molecule has 2 heterocycles. The molecule has 4 rings (SSSR count). The van der Waals surface area contributed by atoms with Crippen LogP contribution in [0.3, 0.4) is 0 Å². The molecule has 0 spiro atoms. The van der Waals surface area contributed by atoms with E-state index < -0.39 is 6.03 Å². The summed E-state index contributed by atoms with van der Waals surface area (Å²) in [4.78, 5) is 38.5. The molecule has 0 atom stereocenters. The Bertz CT molecular complexity index is 1270. The Hall–Kier alpha value is -3.98. The standard InChI is InChI=1S/C24H23N5O3S/c1-15-7-9-19(18(13-15)22(30)17-5-3-4-6-20(17)32-2)28-23(31)29-24-27-14-16(33-24)8-10-21-25-11-12-26-21/h3-7,9,11-14H,8,10H2,1-2H3,(H,25,26)(H2,27,28,29,31). The molecule has 9 heteroatoms. The van der Waals surface area contributed by atoms with Crippen molar-refractivity contribution in [2.45, 2.75) is 19.8 Å². The highest BCUT2D eigenvalue weighted by Gasteiger charge is 2.19. The molecular formula is C24H23N5O3S. The summed E-state index contributed by atoms with van der Waals surface area (Å²) >= 11 is 1.40. The molecule has 0 aliphatic rings. The van der Waals surface area contributed by atoms with Crippen molar-refractivity contribution >= 4 is 34.0 Å². The van der Waals surface area contributed by atoms with Gasteiger partial charge in [0.15, 0.2) is 10.9 Å². The number of urea groups is 1. The second-order valence-electron chi connectivity index (χ2n) is 7.33. The number of carbonyl (C=O) groups is 2. The number of ketones is 1. The molecule has 0 unspecified atom stereocenters. The van der Waals surface area contributed by atoms with E-state index in [1.54, 1.807) is 55.0 Å². The molecule has 33 heavy (non-hydrogen) atoms. The first-order valence-corrected chi connectivity index (χ1v) is 11.1. The maximum Gasteiger partial charge on any atom is 0.325 e. The number of aromatic amines is 1. The van der Waals surface area contributed by atoms with Crippen molar-refractivity contribution in [3.63, 3.8) is 0 Å². The largest absolute Gasteiger partial charge is 0.496 e. The topological polar surface area (TPSA) is 109 Å². The van der Waals surface area contributed by atoms with Crippen molar-refractivity contribution in [1.29, 1.82) is 0 Å². The molecule has 3 N–H and O–H groups in total. The first-order valence-electron chi connectivity index (χ1n) is 10.3. The van der Waals surface area contributed by atoms with Gasteiger partial charge in [-0.3, -0.25) is 10.1 Å². The summed E-state index contributed by atoms with van der Waals surface area (Å²) in [5.41, 5.74) is 2.12. The van der Waals surface area contributed by atoms with Gasteiger partial charge in [-0.05, 0) is 37.6 Å². The van der Waals surface area contributed by atoms with E-state index in [-0.39, 0.29) is 5.78 Å². The highest BCUT2D eigenvalue weighted by Crippen LogP contribution is 2.27. The minimum absolute atomic E-state index is 0.235. The van der Waals surface area contributed by atoms with E-state index in [0.717, 1.165) is 29.1 Å². The normalized spacial score (nSPS) is 10.6. The molecular weight excluding hydrogens is 438 g/mol. The second-order valence-corrected chi connectivity index (χ2v) is 8.44. The first kappa shape index (κ1) is 22.2. The van der Waals surface area contributed by atoms with Crippen LogP contribution in [0.15, 0.2) is 61.1 Å². The molecule has 0 fully saturated rings. The zero-order valence-corrected chi connectivity index (χ0v) is 19.0. The minimum atomic E-state index is -0.472. The lowest BCUT2D eigenvalue weighted by atomic mass is 9.99. The number of rotatable bonds is 8. The number of ether oxygens (including phenoxy) is 1. The number of anilines is 2. The first-order chi connectivity index (χ1) is 16.0. The number of hydrogen-bond acceptors (Lipinski definition) is 6. The Kier molecular flexibility index (Phi) is 6.80. The van der Waals surface area contributed by atoms with E-state index in [2.05, 4.69) is 25.6 Å². The van der Waals surface area contributed by atoms with E-state index in [1.807, 2.05) is 13.0 Å². The van der Waals surface area contributed by atoms with Crippen molar-refractivity contribution in [3.05, 3.63) is 88.4 Å². The van der Waals surface area contributed by atoms with E-state index in [9.17, 15) is 9.59 Å². The number of aryl methyl sites for hydroxylation is 3. The van der Waals surface area contributed by atoms with Crippen LogP contribution in [0.1, 0.15) is 32.2 Å². The Balaban J connectivity index is 1.46. The van der Waals surface area contributed by atoms with Gasteiger partial charge in [-0.25, -0.2) is 14.8 Å². The molecule has 4 aromatic rings. The molecule has 2 aromatic heterocycles.